The van der Waals surface area contributed by atoms with E-state index >= 15 is 0 Å². The van der Waals surface area contributed by atoms with Gasteiger partial charge in [-0.2, -0.15) is 0 Å². The Hall–Kier alpha value is -2.47. The van der Waals surface area contributed by atoms with Crippen molar-refractivity contribution in [3.05, 3.63) is 53.2 Å². The highest BCUT2D eigenvalue weighted by molar-refractivity contribution is 6.35. The fourth-order valence-electron chi connectivity index (χ4n) is 3.66. The Morgan fingerprint density at radius 1 is 1.23 bits per heavy atom. The molecule has 134 valence electrons. The van der Waals surface area contributed by atoms with Gasteiger partial charge in [0, 0.05) is 17.6 Å². The van der Waals surface area contributed by atoms with E-state index in [0.717, 1.165) is 29.6 Å². The molecule has 0 unspecified atom stereocenters. The molecule has 0 aliphatic heterocycles. The molecule has 7 heteroatoms. The first-order chi connectivity index (χ1) is 12.7. The molecular weight excluding hydrogens is 350 g/mol. The lowest BCUT2D eigenvalue weighted by molar-refractivity contribution is 0.0951. The predicted octanol–water partition coefficient (Wildman–Crippen LogP) is 3.91. The number of nitrogens with one attached hydrogen (secondary N) is 1. The number of nitrogens with zero attached hydrogens (tertiary/aromatic N) is 4. The minimum atomic E-state index is -0.230. The van der Waals surface area contributed by atoms with Crippen molar-refractivity contribution in [1.82, 2.24) is 25.1 Å². The average molecular weight is 370 g/mol. The maximum absolute atomic E-state index is 12.8. The van der Waals surface area contributed by atoms with Gasteiger partial charge in [-0.15, -0.1) is 10.2 Å². The lowest BCUT2D eigenvalue weighted by atomic mass is 9.95. The number of carbonyl (C=O) groups is 1. The lowest BCUT2D eigenvalue weighted by Gasteiger charge is -2.24. The van der Waals surface area contributed by atoms with Crippen LogP contribution in [0.1, 0.15) is 54.3 Å². The number of carbonyl (C=O) groups excluding carboxylic acids is 1. The third-order valence-electron chi connectivity index (χ3n) is 4.98. The van der Waals surface area contributed by atoms with Crippen LogP contribution in [0.4, 0.5) is 0 Å². The standard InChI is InChI=1S/C19H20ClN5O/c20-15-8-9-16-14(7-4-10-21-16)18(15)19(26)22-11-17-24-23-12-25(17)13-5-2-1-3-6-13/h4,7-10,12-13H,1-3,5-6,11H2,(H,22,26). The Morgan fingerprint density at radius 2 is 2.08 bits per heavy atom. The van der Waals surface area contributed by atoms with Gasteiger partial charge in [-0.3, -0.25) is 9.78 Å². The number of pyridine rings is 1. The molecule has 0 bridgehead atoms. The smallest absolute Gasteiger partial charge is 0.253 e. The number of hydrogen-bond donors (Lipinski definition) is 1. The molecule has 1 fully saturated rings. The minimum absolute atomic E-state index is 0.230. The maximum Gasteiger partial charge on any atom is 0.253 e. The molecule has 0 radical (unpaired) electrons. The van der Waals surface area contributed by atoms with Crippen molar-refractivity contribution in [2.24, 2.45) is 0 Å². The van der Waals surface area contributed by atoms with E-state index in [1.807, 2.05) is 12.1 Å². The number of halogens is 1. The summed E-state index contributed by atoms with van der Waals surface area (Å²) < 4.78 is 2.10. The quantitative estimate of drug-likeness (QED) is 0.756. The van der Waals surface area contributed by atoms with Crippen LogP contribution < -0.4 is 5.32 Å². The summed E-state index contributed by atoms with van der Waals surface area (Å²) in [6.07, 6.45) is 9.50. The van der Waals surface area contributed by atoms with Crippen LogP contribution in [0.3, 0.4) is 0 Å². The average Bonchev–Trinajstić information content (AvgIpc) is 3.15. The summed E-state index contributed by atoms with van der Waals surface area (Å²) in [5, 5.41) is 12.3. The van der Waals surface area contributed by atoms with Gasteiger partial charge in [0.1, 0.15) is 6.33 Å². The van der Waals surface area contributed by atoms with Gasteiger partial charge < -0.3 is 9.88 Å². The molecule has 1 saturated carbocycles. The van der Waals surface area contributed by atoms with E-state index in [2.05, 4.69) is 25.1 Å². The highest BCUT2D eigenvalue weighted by Crippen LogP contribution is 2.29. The summed E-state index contributed by atoms with van der Waals surface area (Å²) in [7, 11) is 0. The van der Waals surface area contributed by atoms with E-state index in [1.54, 1.807) is 24.7 Å². The van der Waals surface area contributed by atoms with Crippen molar-refractivity contribution in [1.29, 1.82) is 0 Å². The van der Waals surface area contributed by atoms with Gasteiger partial charge in [0.15, 0.2) is 5.82 Å². The summed E-state index contributed by atoms with van der Waals surface area (Å²) in [5.74, 6) is 0.548. The van der Waals surface area contributed by atoms with E-state index in [-0.39, 0.29) is 5.91 Å². The Morgan fingerprint density at radius 3 is 2.92 bits per heavy atom. The Balaban J connectivity index is 1.54. The molecule has 3 aromatic rings. The molecule has 26 heavy (non-hydrogen) atoms. The number of aromatic nitrogens is 4. The summed E-state index contributed by atoms with van der Waals surface area (Å²) >= 11 is 6.29. The number of hydrogen-bond acceptors (Lipinski definition) is 4. The third-order valence-corrected chi connectivity index (χ3v) is 5.30. The van der Waals surface area contributed by atoms with Crippen LogP contribution in [0, 0.1) is 0 Å². The Labute approximate surface area is 156 Å². The van der Waals surface area contributed by atoms with Crippen LogP contribution in [0.2, 0.25) is 5.02 Å². The van der Waals surface area contributed by atoms with Crippen molar-refractivity contribution >= 4 is 28.4 Å². The van der Waals surface area contributed by atoms with E-state index in [0.29, 0.717) is 23.2 Å². The first-order valence-electron chi connectivity index (χ1n) is 8.94. The molecule has 1 aliphatic rings. The monoisotopic (exact) mass is 369 g/mol. The fourth-order valence-corrected chi connectivity index (χ4v) is 3.91. The second-order valence-electron chi connectivity index (χ2n) is 6.62. The fraction of sp³-hybridized carbons (Fsp3) is 0.368. The highest BCUT2D eigenvalue weighted by atomic mass is 35.5. The molecule has 2 aromatic heterocycles. The molecular formula is C19H20ClN5O. The summed E-state index contributed by atoms with van der Waals surface area (Å²) in [5.41, 5.74) is 1.19. The van der Waals surface area contributed by atoms with Gasteiger partial charge >= 0.3 is 0 Å². The third kappa shape index (κ3) is 3.29. The lowest BCUT2D eigenvalue weighted by Crippen LogP contribution is -2.26. The summed E-state index contributed by atoms with van der Waals surface area (Å²) in [6, 6.07) is 7.60. The number of rotatable bonds is 4. The van der Waals surface area contributed by atoms with Crippen LogP contribution in [-0.4, -0.2) is 25.7 Å². The molecule has 2 heterocycles. The van der Waals surface area contributed by atoms with Crippen LogP contribution in [-0.2, 0) is 6.54 Å². The molecule has 0 saturated heterocycles. The second kappa shape index (κ2) is 7.41. The number of amides is 1. The van der Waals surface area contributed by atoms with Crippen molar-refractivity contribution in [3.63, 3.8) is 0 Å². The zero-order chi connectivity index (χ0) is 17.9. The largest absolute Gasteiger partial charge is 0.345 e. The van der Waals surface area contributed by atoms with Crippen molar-refractivity contribution < 1.29 is 4.79 Å². The number of benzene rings is 1. The van der Waals surface area contributed by atoms with Crippen molar-refractivity contribution in [3.8, 4) is 0 Å². The van der Waals surface area contributed by atoms with Crippen LogP contribution in [0.25, 0.3) is 10.9 Å². The van der Waals surface area contributed by atoms with E-state index in [4.69, 9.17) is 11.6 Å². The zero-order valence-electron chi connectivity index (χ0n) is 14.4. The molecule has 4 rings (SSSR count). The summed E-state index contributed by atoms with van der Waals surface area (Å²) in [4.78, 5) is 17.1. The number of fused-ring (bicyclic) bond motifs is 1. The molecule has 1 aliphatic carbocycles. The topological polar surface area (TPSA) is 72.7 Å². The summed E-state index contributed by atoms with van der Waals surface area (Å²) in [6.45, 7) is 0.322. The van der Waals surface area contributed by atoms with Crippen LogP contribution in [0.15, 0.2) is 36.8 Å². The predicted molar refractivity (Wildman–Crippen MR) is 100 cm³/mol. The Bertz CT molecular complexity index is 933. The van der Waals surface area contributed by atoms with E-state index in [1.165, 1.54) is 19.3 Å². The van der Waals surface area contributed by atoms with Crippen molar-refractivity contribution in [2.45, 2.75) is 44.7 Å². The van der Waals surface area contributed by atoms with Crippen LogP contribution in [0.5, 0.6) is 0 Å². The first kappa shape index (κ1) is 17.0. The van der Waals surface area contributed by atoms with Crippen LogP contribution >= 0.6 is 11.6 Å². The zero-order valence-corrected chi connectivity index (χ0v) is 15.1. The van der Waals surface area contributed by atoms with Crippen molar-refractivity contribution in [2.75, 3.05) is 0 Å². The molecule has 1 aromatic carbocycles. The molecule has 1 amide bonds. The highest BCUT2D eigenvalue weighted by Gasteiger charge is 2.20. The Kier molecular flexibility index (Phi) is 4.84. The maximum atomic E-state index is 12.8. The van der Waals surface area contributed by atoms with Gasteiger partial charge in [0.2, 0.25) is 0 Å². The molecule has 1 N–H and O–H groups in total. The van der Waals surface area contributed by atoms with Gasteiger partial charge in [-0.1, -0.05) is 36.9 Å². The normalized spacial score (nSPS) is 15.3. The van der Waals surface area contributed by atoms with Gasteiger partial charge in [0.25, 0.3) is 5.91 Å². The van der Waals surface area contributed by atoms with Gasteiger partial charge in [-0.25, -0.2) is 0 Å². The molecule has 0 spiro atoms. The SMILES string of the molecule is O=C(NCc1nncn1C1CCCCC1)c1c(Cl)ccc2ncccc12. The van der Waals surface area contributed by atoms with E-state index < -0.39 is 0 Å². The molecule has 6 nitrogen and oxygen atoms in total. The first-order valence-corrected chi connectivity index (χ1v) is 9.31. The molecule has 0 atom stereocenters. The minimum Gasteiger partial charge on any atom is -0.345 e. The van der Waals surface area contributed by atoms with Gasteiger partial charge in [-0.05, 0) is 31.0 Å². The van der Waals surface area contributed by atoms with Gasteiger partial charge in [0.05, 0.1) is 22.6 Å². The second-order valence-corrected chi connectivity index (χ2v) is 7.03. The van der Waals surface area contributed by atoms with E-state index in [9.17, 15) is 4.79 Å².